The zero-order chi connectivity index (χ0) is 17.0. The summed E-state index contributed by atoms with van der Waals surface area (Å²) in [6, 6.07) is 2.05. The summed E-state index contributed by atoms with van der Waals surface area (Å²) < 4.78 is 1.92. The molecule has 2 aromatic rings. The number of primary amides is 1. The molecule has 3 N–H and O–H groups in total. The van der Waals surface area contributed by atoms with Crippen LogP contribution in [-0.4, -0.2) is 26.7 Å². The van der Waals surface area contributed by atoms with Crippen LogP contribution in [0.3, 0.4) is 0 Å². The number of carbonyl (C=O) groups is 1. The van der Waals surface area contributed by atoms with Crippen LogP contribution in [0.5, 0.6) is 0 Å². The largest absolute Gasteiger partial charge is 0.388 e. The minimum absolute atomic E-state index is 0.0868. The smallest absolute Gasteiger partial charge is 0.250 e. The Hall–Kier alpha value is -2.40. The summed E-state index contributed by atoms with van der Waals surface area (Å²) in [6.07, 6.45) is 9.17. The molecule has 0 aliphatic heterocycles. The van der Waals surface area contributed by atoms with Gasteiger partial charge >= 0.3 is 0 Å². The fraction of sp³-hybridized carbons (Fsp3) is 0.368. The molecular weight excluding hydrogens is 302 g/mol. The molecule has 24 heavy (non-hydrogen) atoms. The van der Waals surface area contributed by atoms with Crippen molar-refractivity contribution in [2.24, 2.45) is 11.7 Å². The number of carbonyl (C=O) groups excluding carboxylic acids is 1. The van der Waals surface area contributed by atoms with E-state index in [0.717, 1.165) is 22.3 Å². The van der Waals surface area contributed by atoms with E-state index in [4.69, 9.17) is 5.73 Å². The molecule has 2 aliphatic carbocycles. The van der Waals surface area contributed by atoms with Gasteiger partial charge in [-0.1, -0.05) is 19.1 Å². The van der Waals surface area contributed by atoms with Crippen molar-refractivity contribution >= 4 is 22.6 Å². The molecule has 2 aliphatic rings. The second-order valence-corrected chi connectivity index (χ2v) is 6.90. The summed E-state index contributed by atoms with van der Waals surface area (Å²) in [5.74, 6) is 0.0211. The van der Waals surface area contributed by atoms with Gasteiger partial charge in [0.1, 0.15) is 5.65 Å². The number of nitrogens with two attached hydrogens (primary N) is 1. The van der Waals surface area contributed by atoms with Crippen molar-refractivity contribution in [2.75, 3.05) is 0 Å². The topological polar surface area (TPSA) is 81.1 Å². The Morgan fingerprint density at radius 1 is 1.42 bits per heavy atom. The van der Waals surface area contributed by atoms with Crippen molar-refractivity contribution in [3.8, 4) is 0 Å². The van der Waals surface area contributed by atoms with E-state index in [-0.39, 0.29) is 5.92 Å². The first-order valence-electron chi connectivity index (χ1n) is 8.35. The Morgan fingerprint density at radius 3 is 2.83 bits per heavy atom. The standard InChI is InChI=1S/C19H21N3O2/c1-10-3-6-16(23)11(2)17(10)22-9-15(18(20)24)14-7-13(12-4-5-12)8-21-19(14)22/h3,6-9,11-12,16,23H,4-5H2,1-2H3,(H2,20,24). The number of nitrogens with zero attached hydrogens (tertiary/aromatic N) is 2. The van der Waals surface area contributed by atoms with Gasteiger partial charge < -0.3 is 15.4 Å². The van der Waals surface area contributed by atoms with Crippen LogP contribution < -0.4 is 5.73 Å². The number of rotatable bonds is 3. The minimum atomic E-state index is -0.552. The summed E-state index contributed by atoms with van der Waals surface area (Å²) in [6.45, 7) is 3.98. The van der Waals surface area contributed by atoms with Crippen molar-refractivity contribution in [2.45, 2.75) is 38.7 Å². The lowest BCUT2D eigenvalue weighted by molar-refractivity contribution is 0.100. The summed E-state index contributed by atoms with van der Waals surface area (Å²) in [5.41, 5.74) is 9.98. The molecule has 0 spiro atoms. The highest BCUT2D eigenvalue weighted by molar-refractivity contribution is 6.06. The van der Waals surface area contributed by atoms with Crippen LogP contribution in [0, 0.1) is 5.92 Å². The van der Waals surface area contributed by atoms with Crippen molar-refractivity contribution < 1.29 is 9.90 Å². The molecule has 5 heteroatoms. The molecule has 1 fully saturated rings. The summed E-state index contributed by atoms with van der Waals surface area (Å²) in [5, 5.41) is 11.0. The number of aliphatic hydroxyl groups excluding tert-OH is 1. The van der Waals surface area contributed by atoms with Gasteiger partial charge in [-0.05, 0) is 42.9 Å². The van der Waals surface area contributed by atoms with Gasteiger partial charge in [0.2, 0.25) is 0 Å². The van der Waals surface area contributed by atoms with Crippen LogP contribution in [0.4, 0.5) is 0 Å². The van der Waals surface area contributed by atoms with Gasteiger partial charge in [-0.15, -0.1) is 0 Å². The third kappa shape index (κ3) is 2.27. The average Bonchev–Trinajstić information content (AvgIpc) is 3.33. The molecule has 2 aromatic heterocycles. The molecule has 1 saturated carbocycles. The highest BCUT2D eigenvalue weighted by Crippen LogP contribution is 2.41. The molecule has 2 unspecified atom stereocenters. The first kappa shape index (κ1) is 15.1. The SMILES string of the molecule is CC1=C(n2cc(C(N)=O)c3cc(C4CC4)cnc32)C(C)C(O)C=C1. The van der Waals surface area contributed by atoms with E-state index in [2.05, 4.69) is 4.98 Å². The average molecular weight is 323 g/mol. The van der Waals surface area contributed by atoms with E-state index in [0.29, 0.717) is 11.5 Å². The molecule has 0 aromatic carbocycles. The van der Waals surface area contributed by atoms with Crippen LogP contribution in [0.15, 0.2) is 36.2 Å². The first-order valence-corrected chi connectivity index (χ1v) is 8.35. The van der Waals surface area contributed by atoms with E-state index in [9.17, 15) is 9.90 Å². The number of allylic oxidation sites excluding steroid dienone is 2. The first-order chi connectivity index (χ1) is 11.5. The second-order valence-electron chi connectivity index (χ2n) is 6.90. The van der Waals surface area contributed by atoms with Crippen LogP contribution in [0.1, 0.15) is 48.5 Å². The number of pyridine rings is 1. The van der Waals surface area contributed by atoms with Crippen molar-refractivity contribution in [3.63, 3.8) is 0 Å². The fourth-order valence-electron chi connectivity index (χ4n) is 3.57. The van der Waals surface area contributed by atoms with Gasteiger partial charge in [0, 0.05) is 29.4 Å². The Morgan fingerprint density at radius 2 is 2.17 bits per heavy atom. The van der Waals surface area contributed by atoms with E-state index in [1.165, 1.54) is 18.4 Å². The van der Waals surface area contributed by atoms with E-state index < -0.39 is 12.0 Å². The van der Waals surface area contributed by atoms with Gasteiger partial charge in [-0.25, -0.2) is 4.98 Å². The van der Waals surface area contributed by atoms with E-state index in [1.807, 2.05) is 36.8 Å². The summed E-state index contributed by atoms with van der Waals surface area (Å²) in [7, 11) is 0. The van der Waals surface area contributed by atoms with Gasteiger partial charge in [-0.3, -0.25) is 4.79 Å². The molecule has 0 saturated heterocycles. The highest BCUT2D eigenvalue weighted by atomic mass is 16.3. The Kier molecular flexibility index (Phi) is 3.35. The van der Waals surface area contributed by atoms with Crippen LogP contribution >= 0.6 is 0 Å². The zero-order valence-corrected chi connectivity index (χ0v) is 13.9. The zero-order valence-electron chi connectivity index (χ0n) is 13.9. The number of aromatic nitrogens is 2. The third-order valence-corrected chi connectivity index (χ3v) is 5.13. The molecule has 5 nitrogen and oxygen atoms in total. The van der Waals surface area contributed by atoms with Crippen LogP contribution in [-0.2, 0) is 0 Å². The fourth-order valence-corrected chi connectivity index (χ4v) is 3.57. The maximum atomic E-state index is 11.9. The van der Waals surface area contributed by atoms with Gasteiger partial charge in [0.25, 0.3) is 5.91 Å². The summed E-state index contributed by atoms with van der Waals surface area (Å²) in [4.78, 5) is 16.6. The lowest BCUT2D eigenvalue weighted by Gasteiger charge is -2.26. The maximum absolute atomic E-state index is 11.9. The van der Waals surface area contributed by atoms with Crippen molar-refractivity contribution in [3.05, 3.63) is 47.3 Å². The molecule has 124 valence electrons. The number of hydrogen-bond donors (Lipinski definition) is 2. The Bertz CT molecular complexity index is 903. The monoisotopic (exact) mass is 323 g/mol. The Balaban J connectivity index is 1.96. The number of fused-ring (bicyclic) bond motifs is 1. The molecule has 2 atom stereocenters. The lowest BCUT2D eigenvalue weighted by Crippen LogP contribution is -2.23. The molecule has 0 bridgehead atoms. The minimum Gasteiger partial charge on any atom is -0.388 e. The van der Waals surface area contributed by atoms with Crippen molar-refractivity contribution in [1.29, 1.82) is 0 Å². The summed E-state index contributed by atoms with van der Waals surface area (Å²) >= 11 is 0. The predicted molar refractivity (Wildman–Crippen MR) is 93.4 cm³/mol. The number of amides is 1. The molecule has 0 radical (unpaired) electrons. The lowest BCUT2D eigenvalue weighted by atomic mass is 9.91. The van der Waals surface area contributed by atoms with Gasteiger partial charge in [-0.2, -0.15) is 0 Å². The number of aliphatic hydroxyl groups is 1. The molecular formula is C19H21N3O2. The van der Waals surface area contributed by atoms with Gasteiger partial charge in [0.15, 0.2) is 0 Å². The maximum Gasteiger partial charge on any atom is 0.250 e. The predicted octanol–water partition coefficient (Wildman–Crippen LogP) is 2.81. The highest BCUT2D eigenvalue weighted by Gasteiger charge is 2.28. The quantitative estimate of drug-likeness (QED) is 0.911. The van der Waals surface area contributed by atoms with E-state index >= 15 is 0 Å². The Labute approximate surface area is 140 Å². The number of hydrogen-bond acceptors (Lipinski definition) is 3. The molecule has 4 rings (SSSR count). The van der Waals surface area contributed by atoms with Crippen molar-refractivity contribution in [1.82, 2.24) is 9.55 Å². The van der Waals surface area contributed by atoms with E-state index in [1.54, 1.807) is 12.3 Å². The van der Waals surface area contributed by atoms with Crippen LogP contribution in [0.25, 0.3) is 16.7 Å². The molecule has 2 heterocycles. The second kappa shape index (κ2) is 5.31. The normalized spacial score (nSPS) is 24.0. The van der Waals surface area contributed by atoms with Crippen LogP contribution in [0.2, 0.25) is 0 Å². The molecule has 1 amide bonds. The third-order valence-electron chi connectivity index (χ3n) is 5.13. The van der Waals surface area contributed by atoms with Gasteiger partial charge in [0.05, 0.1) is 11.7 Å².